The molecule has 0 aliphatic carbocycles. The lowest BCUT2D eigenvalue weighted by molar-refractivity contribution is 0.0374. The standard InChI is InChI=1S/C23H31NO3/c1-3-26-23-17-20(5-4-12-24-13-15-25-16-14-24)10-11-22(23)27-18-21-8-6-19(2)7-9-21/h6-11,17H,3-5,12-16,18H2,1-2H3. The SMILES string of the molecule is CCOc1cc(CCCN2CCOCC2)ccc1OCc1ccc(C)cc1. The summed E-state index contributed by atoms with van der Waals surface area (Å²) in [5, 5.41) is 0. The molecule has 0 amide bonds. The molecule has 1 aliphatic heterocycles. The Bertz CT molecular complexity index is 693. The Morgan fingerprint density at radius 2 is 1.67 bits per heavy atom. The first kappa shape index (κ1) is 19.7. The first-order chi connectivity index (χ1) is 13.2. The molecule has 4 heteroatoms. The maximum absolute atomic E-state index is 6.02. The molecule has 1 aliphatic rings. The van der Waals surface area contributed by atoms with E-state index in [1.54, 1.807) is 0 Å². The minimum Gasteiger partial charge on any atom is -0.490 e. The van der Waals surface area contributed by atoms with Crippen LogP contribution in [0.4, 0.5) is 0 Å². The molecule has 0 spiro atoms. The Morgan fingerprint density at radius 3 is 2.41 bits per heavy atom. The molecule has 0 saturated carbocycles. The van der Waals surface area contributed by atoms with Gasteiger partial charge in [0.05, 0.1) is 19.8 Å². The highest BCUT2D eigenvalue weighted by Gasteiger charge is 2.11. The van der Waals surface area contributed by atoms with Crippen molar-refractivity contribution in [2.75, 3.05) is 39.5 Å². The van der Waals surface area contributed by atoms with Crippen LogP contribution in [0.5, 0.6) is 11.5 Å². The number of benzene rings is 2. The van der Waals surface area contributed by atoms with Gasteiger partial charge in [-0.25, -0.2) is 0 Å². The fraction of sp³-hybridized carbons (Fsp3) is 0.478. The normalized spacial score (nSPS) is 14.9. The van der Waals surface area contributed by atoms with Crippen molar-refractivity contribution in [3.63, 3.8) is 0 Å². The maximum atomic E-state index is 6.02. The van der Waals surface area contributed by atoms with Crippen molar-refractivity contribution in [2.24, 2.45) is 0 Å². The lowest BCUT2D eigenvalue weighted by Crippen LogP contribution is -2.36. The summed E-state index contributed by atoms with van der Waals surface area (Å²) in [5.41, 5.74) is 3.72. The van der Waals surface area contributed by atoms with Gasteiger partial charge in [0.25, 0.3) is 0 Å². The van der Waals surface area contributed by atoms with Crippen LogP contribution < -0.4 is 9.47 Å². The Balaban J connectivity index is 1.55. The van der Waals surface area contributed by atoms with Gasteiger partial charge in [-0.1, -0.05) is 35.9 Å². The van der Waals surface area contributed by atoms with Gasteiger partial charge in [0, 0.05) is 13.1 Å². The molecule has 27 heavy (non-hydrogen) atoms. The predicted molar refractivity (Wildman–Crippen MR) is 109 cm³/mol. The van der Waals surface area contributed by atoms with Crippen LogP contribution in [0.1, 0.15) is 30.0 Å². The second-order valence-electron chi connectivity index (χ2n) is 7.05. The third-order valence-corrected chi connectivity index (χ3v) is 4.87. The number of nitrogens with zero attached hydrogens (tertiary/aromatic N) is 1. The van der Waals surface area contributed by atoms with Gasteiger partial charge in [-0.2, -0.15) is 0 Å². The van der Waals surface area contributed by atoms with Crippen LogP contribution in [-0.4, -0.2) is 44.4 Å². The van der Waals surface area contributed by atoms with E-state index in [1.165, 1.54) is 11.1 Å². The van der Waals surface area contributed by atoms with E-state index in [9.17, 15) is 0 Å². The number of rotatable bonds is 9. The zero-order valence-electron chi connectivity index (χ0n) is 16.6. The van der Waals surface area contributed by atoms with Gasteiger partial charge in [-0.05, 0) is 56.5 Å². The third kappa shape index (κ3) is 6.26. The van der Waals surface area contributed by atoms with Gasteiger partial charge < -0.3 is 14.2 Å². The zero-order valence-corrected chi connectivity index (χ0v) is 16.6. The molecular weight excluding hydrogens is 338 g/mol. The highest BCUT2D eigenvalue weighted by Crippen LogP contribution is 2.30. The van der Waals surface area contributed by atoms with Crippen molar-refractivity contribution in [1.82, 2.24) is 4.90 Å². The topological polar surface area (TPSA) is 30.9 Å². The fourth-order valence-corrected chi connectivity index (χ4v) is 3.27. The zero-order chi connectivity index (χ0) is 18.9. The van der Waals surface area contributed by atoms with Gasteiger partial charge in [0.15, 0.2) is 11.5 Å². The van der Waals surface area contributed by atoms with E-state index in [4.69, 9.17) is 14.2 Å². The monoisotopic (exact) mass is 369 g/mol. The van der Waals surface area contributed by atoms with E-state index in [0.717, 1.165) is 62.8 Å². The molecule has 2 aromatic carbocycles. The average molecular weight is 370 g/mol. The first-order valence-electron chi connectivity index (χ1n) is 9.99. The van der Waals surface area contributed by atoms with Gasteiger partial charge >= 0.3 is 0 Å². The van der Waals surface area contributed by atoms with Crippen LogP contribution in [0, 0.1) is 6.92 Å². The molecule has 0 unspecified atom stereocenters. The van der Waals surface area contributed by atoms with Crippen LogP contribution in [0.2, 0.25) is 0 Å². The Hall–Kier alpha value is -2.04. The van der Waals surface area contributed by atoms with Gasteiger partial charge in [-0.15, -0.1) is 0 Å². The summed E-state index contributed by atoms with van der Waals surface area (Å²) in [4.78, 5) is 2.48. The molecule has 2 aromatic rings. The predicted octanol–water partition coefficient (Wildman–Crippen LogP) is 4.24. The van der Waals surface area contributed by atoms with Crippen LogP contribution in [0.3, 0.4) is 0 Å². The minimum atomic E-state index is 0.552. The molecule has 3 rings (SSSR count). The molecule has 0 aromatic heterocycles. The van der Waals surface area contributed by atoms with E-state index >= 15 is 0 Å². The molecule has 146 valence electrons. The fourth-order valence-electron chi connectivity index (χ4n) is 3.27. The summed E-state index contributed by atoms with van der Waals surface area (Å²) < 4.78 is 17.3. The van der Waals surface area contributed by atoms with Crippen molar-refractivity contribution in [3.05, 3.63) is 59.2 Å². The van der Waals surface area contributed by atoms with E-state index in [-0.39, 0.29) is 0 Å². The summed E-state index contributed by atoms with van der Waals surface area (Å²) in [5.74, 6) is 1.66. The summed E-state index contributed by atoms with van der Waals surface area (Å²) >= 11 is 0. The lowest BCUT2D eigenvalue weighted by Gasteiger charge is -2.26. The van der Waals surface area contributed by atoms with Crippen LogP contribution in [-0.2, 0) is 17.8 Å². The largest absolute Gasteiger partial charge is 0.490 e. The minimum absolute atomic E-state index is 0.552. The molecule has 0 bridgehead atoms. The highest BCUT2D eigenvalue weighted by atomic mass is 16.5. The number of hydrogen-bond donors (Lipinski definition) is 0. The molecular formula is C23H31NO3. The Kier molecular flexibility index (Phi) is 7.55. The van der Waals surface area contributed by atoms with E-state index < -0.39 is 0 Å². The Morgan fingerprint density at radius 1 is 0.926 bits per heavy atom. The second-order valence-corrected chi connectivity index (χ2v) is 7.05. The molecule has 0 atom stereocenters. The van der Waals surface area contributed by atoms with Crippen molar-refractivity contribution in [1.29, 1.82) is 0 Å². The summed E-state index contributed by atoms with van der Waals surface area (Å²) in [6, 6.07) is 14.8. The molecule has 1 saturated heterocycles. The molecule has 4 nitrogen and oxygen atoms in total. The van der Waals surface area contributed by atoms with E-state index in [1.807, 2.05) is 13.0 Å². The van der Waals surface area contributed by atoms with Crippen molar-refractivity contribution in [3.8, 4) is 11.5 Å². The van der Waals surface area contributed by atoms with Crippen LogP contribution in [0.15, 0.2) is 42.5 Å². The molecule has 1 heterocycles. The van der Waals surface area contributed by atoms with Crippen molar-refractivity contribution < 1.29 is 14.2 Å². The van der Waals surface area contributed by atoms with Gasteiger partial charge in [-0.3, -0.25) is 4.90 Å². The molecule has 0 radical (unpaired) electrons. The number of morpholine rings is 1. The second kappa shape index (κ2) is 10.3. The smallest absolute Gasteiger partial charge is 0.161 e. The lowest BCUT2D eigenvalue weighted by atomic mass is 10.1. The average Bonchev–Trinajstić information content (AvgIpc) is 2.70. The van der Waals surface area contributed by atoms with E-state index in [0.29, 0.717) is 13.2 Å². The van der Waals surface area contributed by atoms with Crippen molar-refractivity contribution >= 4 is 0 Å². The number of ether oxygens (including phenoxy) is 3. The first-order valence-corrected chi connectivity index (χ1v) is 9.99. The third-order valence-electron chi connectivity index (χ3n) is 4.87. The van der Waals surface area contributed by atoms with Crippen LogP contribution >= 0.6 is 0 Å². The summed E-state index contributed by atoms with van der Waals surface area (Å²) in [6.45, 7) is 10.2. The summed E-state index contributed by atoms with van der Waals surface area (Å²) in [7, 11) is 0. The molecule has 1 fully saturated rings. The number of hydrogen-bond acceptors (Lipinski definition) is 4. The van der Waals surface area contributed by atoms with E-state index in [2.05, 4.69) is 48.2 Å². The number of aryl methyl sites for hydroxylation is 2. The Labute approximate surface area is 163 Å². The summed E-state index contributed by atoms with van der Waals surface area (Å²) in [6.07, 6.45) is 2.20. The highest BCUT2D eigenvalue weighted by molar-refractivity contribution is 5.43. The van der Waals surface area contributed by atoms with Gasteiger partial charge in [0.2, 0.25) is 0 Å². The van der Waals surface area contributed by atoms with Gasteiger partial charge in [0.1, 0.15) is 6.61 Å². The maximum Gasteiger partial charge on any atom is 0.161 e. The van der Waals surface area contributed by atoms with Crippen LogP contribution in [0.25, 0.3) is 0 Å². The molecule has 0 N–H and O–H groups in total. The quantitative estimate of drug-likeness (QED) is 0.662. The van der Waals surface area contributed by atoms with Crippen molar-refractivity contribution in [2.45, 2.75) is 33.3 Å².